The molecule has 0 amide bonds. The molecule has 3 rings (SSSR count). The molecule has 1 aromatic carbocycles. The summed E-state index contributed by atoms with van der Waals surface area (Å²) in [5.41, 5.74) is 1.42. The summed E-state index contributed by atoms with van der Waals surface area (Å²) in [4.78, 5) is 2.71. The highest BCUT2D eigenvalue weighted by molar-refractivity contribution is 6.30. The van der Waals surface area contributed by atoms with Gasteiger partial charge < -0.3 is 5.32 Å². The molecule has 3 heteroatoms. The molecule has 3 atom stereocenters. The topological polar surface area (TPSA) is 15.3 Å². The molecule has 2 aliphatic heterocycles. The van der Waals surface area contributed by atoms with Crippen molar-refractivity contribution in [1.29, 1.82) is 0 Å². The summed E-state index contributed by atoms with van der Waals surface area (Å²) in [6, 6.07) is 9.77. The van der Waals surface area contributed by atoms with E-state index in [1.807, 2.05) is 12.1 Å². The Morgan fingerprint density at radius 2 is 2.05 bits per heavy atom. The van der Waals surface area contributed by atoms with Gasteiger partial charge in [0.1, 0.15) is 0 Å². The predicted molar refractivity (Wildman–Crippen MR) is 89.8 cm³/mol. The number of piperidine rings is 1. The first-order chi connectivity index (χ1) is 10.3. The average molecular weight is 307 g/mol. The van der Waals surface area contributed by atoms with E-state index < -0.39 is 0 Å². The second-order valence-electron chi connectivity index (χ2n) is 6.58. The SMILES string of the molecule is CCC(c1ccc(Cl)cc1)N1CCCC(C2CCCN2)C1. The molecule has 0 saturated carbocycles. The van der Waals surface area contributed by atoms with Gasteiger partial charge in [-0.05, 0) is 68.8 Å². The van der Waals surface area contributed by atoms with Crippen LogP contribution in [0.5, 0.6) is 0 Å². The lowest BCUT2D eigenvalue weighted by atomic mass is 9.88. The number of rotatable bonds is 4. The van der Waals surface area contributed by atoms with Crippen LogP contribution in [0.1, 0.15) is 50.6 Å². The second-order valence-corrected chi connectivity index (χ2v) is 7.01. The number of nitrogens with one attached hydrogen (secondary N) is 1. The molecule has 2 nitrogen and oxygen atoms in total. The molecule has 116 valence electrons. The van der Waals surface area contributed by atoms with Gasteiger partial charge in [0, 0.05) is 23.7 Å². The quantitative estimate of drug-likeness (QED) is 0.894. The summed E-state index contributed by atoms with van der Waals surface area (Å²) < 4.78 is 0. The smallest absolute Gasteiger partial charge is 0.0406 e. The molecule has 3 unspecified atom stereocenters. The standard InChI is InChI=1S/C18H27ClN2/c1-2-18(14-7-9-16(19)10-8-14)21-12-4-5-15(13-21)17-6-3-11-20-17/h7-10,15,17-18,20H,2-6,11-13H2,1H3. The van der Waals surface area contributed by atoms with Crippen molar-refractivity contribution in [2.75, 3.05) is 19.6 Å². The molecular weight excluding hydrogens is 280 g/mol. The molecule has 2 saturated heterocycles. The molecule has 0 aliphatic carbocycles. The van der Waals surface area contributed by atoms with Crippen molar-refractivity contribution in [2.45, 2.75) is 51.1 Å². The Morgan fingerprint density at radius 3 is 2.71 bits per heavy atom. The first-order valence-electron chi connectivity index (χ1n) is 8.51. The minimum absolute atomic E-state index is 0.548. The van der Waals surface area contributed by atoms with Gasteiger partial charge in [0.05, 0.1) is 0 Å². The van der Waals surface area contributed by atoms with Crippen LogP contribution in [0.15, 0.2) is 24.3 Å². The maximum Gasteiger partial charge on any atom is 0.0406 e. The second kappa shape index (κ2) is 7.13. The van der Waals surface area contributed by atoms with Crippen molar-refractivity contribution in [3.05, 3.63) is 34.9 Å². The molecule has 0 radical (unpaired) electrons. The molecule has 0 spiro atoms. The Balaban J connectivity index is 1.69. The van der Waals surface area contributed by atoms with Crippen molar-refractivity contribution in [2.24, 2.45) is 5.92 Å². The van der Waals surface area contributed by atoms with E-state index in [4.69, 9.17) is 11.6 Å². The van der Waals surface area contributed by atoms with Crippen molar-refractivity contribution < 1.29 is 0 Å². The summed E-state index contributed by atoms with van der Waals surface area (Å²) in [6.45, 7) is 6.01. The summed E-state index contributed by atoms with van der Waals surface area (Å²) >= 11 is 6.03. The van der Waals surface area contributed by atoms with E-state index in [1.54, 1.807) is 0 Å². The van der Waals surface area contributed by atoms with Crippen molar-refractivity contribution >= 4 is 11.6 Å². The van der Waals surface area contributed by atoms with E-state index in [0.29, 0.717) is 6.04 Å². The molecule has 0 bridgehead atoms. The van der Waals surface area contributed by atoms with E-state index in [-0.39, 0.29) is 0 Å². The zero-order valence-electron chi connectivity index (χ0n) is 13.0. The zero-order chi connectivity index (χ0) is 14.7. The van der Waals surface area contributed by atoms with Gasteiger partial charge in [-0.25, -0.2) is 0 Å². The summed E-state index contributed by atoms with van der Waals surface area (Å²) in [5.74, 6) is 0.836. The van der Waals surface area contributed by atoms with Gasteiger partial charge >= 0.3 is 0 Å². The minimum Gasteiger partial charge on any atom is -0.314 e. The fourth-order valence-electron chi connectivity index (χ4n) is 4.16. The fourth-order valence-corrected chi connectivity index (χ4v) is 4.28. The van der Waals surface area contributed by atoms with Crippen LogP contribution in [0.2, 0.25) is 5.02 Å². The monoisotopic (exact) mass is 306 g/mol. The highest BCUT2D eigenvalue weighted by atomic mass is 35.5. The summed E-state index contributed by atoms with van der Waals surface area (Å²) in [6.07, 6.45) is 6.64. The number of likely N-dealkylation sites (tertiary alicyclic amines) is 1. The summed E-state index contributed by atoms with van der Waals surface area (Å²) in [7, 11) is 0. The van der Waals surface area contributed by atoms with E-state index in [9.17, 15) is 0 Å². The molecule has 1 aromatic rings. The van der Waals surface area contributed by atoms with Crippen LogP contribution < -0.4 is 5.32 Å². The Labute approximate surface area is 133 Å². The Morgan fingerprint density at radius 1 is 1.24 bits per heavy atom. The number of nitrogens with zero attached hydrogens (tertiary/aromatic N) is 1. The Kier molecular flexibility index (Phi) is 5.20. The zero-order valence-corrected chi connectivity index (χ0v) is 13.8. The average Bonchev–Trinajstić information content (AvgIpc) is 3.05. The van der Waals surface area contributed by atoms with Crippen LogP contribution >= 0.6 is 11.6 Å². The van der Waals surface area contributed by atoms with Crippen molar-refractivity contribution in [1.82, 2.24) is 10.2 Å². The molecular formula is C18H27ClN2. The normalized spacial score (nSPS) is 28.7. The van der Waals surface area contributed by atoms with Gasteiger partial charge in [0.15, 0.2) is 0 Å². The van der Waals surface area contributed by atoms with Crippen LogP contribution in [0.4, 0.5) is 0 Å². The maximum atomic E-state index is 6.03. The Bertz CT molecular complexity index is 439. The molecule has 2 fully saturated rings. The van der Waals surface area contributed by atoms with Crippen LogP contribution in [-0.2, 0) is 0 Å². The van der Waals surface area contributed by atoms with Crippen molar-refractivity contribution in [3.8, 4) is 0 Å². The first kappa shape index (κ1) is 15.3. The maximum absolute atomic E-state index is 6.03. The first-order valence-corrected chi connectivity index (χ1v) is 8.88. The number of hydrogen-bond acceptors (Lipinski definition) is 2. The number of halogens is 1. The molecule has 21 heavy (non-hydrogen) atoms. The number of hydrogen-bond donors (Lipinski definition) is 1. The lowest BCUT2D eigenvalue weighted by Gasteiger charge is -2.40. The van der Waals surface area contributed by atoms with Gasteiger partial charge in [-0.3, -0.25) is 4.90 Å². The van der Waals surface area contributed by atoms with Gasteiger partial charge in [0.2, 0.25) is 0 Å². The van der Waals surface area contributed by atoms with Crippen LogP contribution in [0, 0.1) is 5.92 Å². The highest BCUT2D eigenvalue weighted by Gasteiger charge is 2.31. The molecule has 2 aliphatic rings. The summed E-state index contributed by atoms with van der Waals surface area (Å²) in [5, 5.41) is 4.54. The largest absolute Gasteiger partial charge is 0.314 e. The lowest BCUT2D eigenvalue weighted by Crippen LogP contribution is -2.44. The minimum atomic E-state index is 0.548. The van der Waals surface area contributed by atoms with E-state index in [2.05, 4.69) is 29.3 Å². The van der Waals surface area contributed by atoms with Crippen LogP contribution in [0.25, 0.3) is 0 Å². The third kappa shape index (κ3) is 3.61. The van der Waals surface area contributed by atoms with E-state index >= 15 is 0 Å². The van der Waals surface area contributed by atoms with Crippen LogP contribution in [-0.4, -0.2) is 30.6 Å². The Hall–Kier alpha value is -0.570. The van der Waals surface area contributed by atoms with Gasteiger partial charge in [-0.15, -0.1) is 0 Å². The lowest BCUT2D eigenvalue weighted by molar-refractivity contribution is 0.104. The number of benzene rings is 1. The third-order valence-electron chi connectivity index (χ3n) is 5.24. The van der Waals surface area contributed by atoms with Gasteiger partial charge in [-0.2, -0.15) is 0 Å². The predicted octanol–water partition coefficient (Wildman–Crippen LogP) is 4.26. The fraction of sp³-hybridized carbons (Fsp3) is 0.667. The van der Waals surface area contributed by atoms with E-state index in [1.165, 1.54) is 57.3 Å². The highest BCUT2D eigenvalue weighted by Crippen LogP contribution is 2.32. The molecule has 2 heterocycles. The van der Waals surface area contributed by atoms with Crippen molar-refractivity contribution in [3.63, 3.8) is 0 Å². The molecule has 0 aromatic heterocycles. The van der Waals surface area contributed by atoms with Gasteiger partial charge in [0.25, 0.3) is 0 Å². The van der Waals surface area contributed by atoms with E-state index in [0.717, 1.165) is 17.0 Å². The molecule has 1 N–H and O–H groups in total. The van der Waals surface area contributed by atoms with Gasteiger partial charge in [-0.1, -0.05) is 30.7 Å². The van der Waals surface area contributed by atoms with Crippen LogP contribution in [0.3, 0.4) is 0 Å². The third-order valence-corrected chi connectivity index (χ3v) is 5.49.